The van der Waals surface area contributed by atoms with Crippen LogP contribution in [0.4, 0.5) is 0 Å². The molecule has 0 aromatic rings. The maximum Gasteiger partial charge on any atom is -0.00708 e. The SMILES string of the molecule is CC=CSSSC. The van der Waals surface area contributed by atoms with E-state index in [-0.39, 0.29) is 0 Å². The molecule has 0 N–H and O–H groups in total. The molecule has 42 valence electrons. The Labute approximate surface area is 56.3 Å². The van der Waals surface area contributed by atoms with Crippen molar-refractivity contribution in [3.05, 3.63) is 11.5 Å². The molecule has 0 nitrogen and oxygen atoms in total. The standard InChI is InChI=1S/C4H8S3/c1-3-4-6-7-5-2/h3-4H,1-2H3. The Morgan fingerprint density at radius 2 is 2.14 bits per heavy atom. The second-order valence-electron chi connectivity index (χ2n) is 0.800. The zero-order valence-corrected chi connectivity index (χ0v) is 6.83. The van der Waals surface area contributed by atoms with Gasteiger partial charge in [-0.3, -0.25) is 0 Å². The summed E-state index contributed by atoms with van der Waals surface area (Å²) in [6.45, 7) is 2.02. The van der Waals surface area contributed by atoms with Crippen molar-refractivity contribution in [1.29, 1.82) is 0 Å². The highest BCUT2D eigenvalue weighted by atomic mass is 33.5. The summed E-state index contributed by atoms with van der Waals surface area (Å²) in [5.41, 5.74) is 0. The maximum atomic E-state index is 2.07. The number of hydrogen-bond donors (Lipinski definition) is 0. The number of rotatable bonds is 3. The Morgan fingerprint density at radius 1 is 1.43 bits per heavy atom. The maximum absolute atomic E-state index is 2.07. The van der Waals surface area contributed by atoms with Gasteiger partial charge in [0.2, 0.25) is 0 Å². The third kappa shape index (κ3) is 6.79. The number of hydrogen-bond acceptors (Lipinski definition) is 3. The van der Waals surface area contributed by atoms with Crippen molar-refractivity contribution in [1.82, 2.24) is 0 Å². The molecule has 0 spiro atoms. The first-order valence-corrected chi connectivity index (χ1v) is 5.84. The highest BCUT2D eigenvalue weighted by Crippen LogP contribution is 2.32. The van der Waals surface area contributed by atoms with E-state index in [4.69, 9.17) is 0 Å². The predicted molar refractivity (Wildman–Crippen MR) is 43.5 cm³/mol. The van der Waals surface area contributed by atoms with Gasteiger partial charge in [0.05, 0.1) is 0 Å². The van der Waals surface area contributed by atoms with Gasteiger partial charge < -0.3 is 0 Å². The molecular formula is C4H8S3. The van der Waals surface area contributed by atoms with Gasteiger partial charge in [0.15, 0.2) is 0 Å². The molecule has 0 heterocycles. The summed E-state index contributed by atoms with van der Waals surface area (Å²) in [5, 5.41) is 2.07. The molecule has 0 saturated heterocycles. The van der Waals surface area contributed by atoms with Crippen LogP contribution in [-0.4, -0.2) is 6.26 Å². The van der Waals surface area contributed by atoms with Crippen LogP contribution in [0.5, 0.6) is 0 Å². The van der Waals surface area contributed by atoms with Crippen molar-refractivity contribution in [3.63, 3.8) is 0 Å². The van der Waals surface area contributed by atoms with E-state index in [9.17, 15) is 0 Å². The normalized spacial score (nSPS) is 10.6. The summed E-state index contributed by atoms with van der Waals surface area (Å²) in [6, 6.07) is 0. The third-order valence-corrected chi connectivity index (χ3v) is 3.81. The zero-order chi connectivity index (χ0) is 5.54. The van der Waals surface area contributed by atoms with Crippen LogP contribution in [0.15, 0.2) is 11.5 Å². The summed E-state index contributed by atoms with van der Waals surface area (Å²) >= 11 is 0. The third-order valence-electron chi connectivity index (χ3n) is 0.299. The van der Waals surface area contributed by atoms with Gasteiger partial charge in [-0.25, -0.2) is 0 Å². The van der Waals surface area contributed by atoms with Gasteiger partial charge in [-0.1, -0.05) is 27.7 Å². The van der Waals surface area contributed by atoms with Crippen molar-refractivity contribution >= 4 is 31.4 Å². The van der Waals surface area contributed by atoms with Crippen LogP contribution in [0.1, 0.15) is 6.92 Å². The second kappa shape index (κ2) is 6.79. The molecule has 0 bridgehead atoms. The van der Waals surface area contributed by atoms with Crippen molar-refractivity contribution in [2.75, 3.05) is 6.26 Å². The van der Waals surface area contributed by atoms with E-state index in [1.54, 1.807) is 31.4 Å². The fourth-order valence-corrected chi connectivity index (χ4v) is 2.17. The van der Waals surface area contributed by atoms with Gasteiger partial charge >= 0.3 is 0 Å². The van der Waals surface area contributed by atoms with Crippen LogP contribution in [0.2, 0.25) is 0 Å². The molecule has 0 amide bonds. The van der Waals surface area contributed by atoms with Crippen LogP contribution in [0.25, 0.3) is 0 Å². The summed E-state index contributed by atoms with van der Waals surface area (Å²) in [6.07, 6.45) is 4.11. The molecule has 0 saturated carbocycles. The van der Waals surface area contributed by atoms with Gasteiger partial charge in [0.1, 0.15) is 0 Å². The lowest BCUT2D eigenvalue weighted by atomic mass is 10.8. The molecule has 0 radical (unpaired) electrons. The van der Waals surface area contributed by atoms with E-state index in [0.717, 1.165) is 0 Å². The molecule has 0 rings (SSSR count). The first-order chi connectivity index (χ1) is 3.41. The lowest BCUT2D eigenvalue weighted by molar-refractivity contribution is 1.79. The van der Waals surface area contributed by atoms with E-state index in [2.05, 4.69) is 11.7 Å². The molecule has 0 fully saturated rings. The van der Waals surface area contributed by atoms with Gasteiger partial charge in [0, 0.05) is 0 Å². The Kier molecular flexibility index (Phi) is 7.56. The highest BCUT2D eigenvalue weighted by Gasteiger charge is 1.74. The largest absolute Gasteiger partial charge is 0.0857 e. The van der Waals surface area contributed by atoms with Crippen LogP contribution < -0.4 is 0 Å². The quantitative estimate of drug-likeness (QED) is 0.450. The summed E-state index contributed by atoms with van der Waals surface area (Å²) in [5.74, 6) is 0. The molecule has 0 aliphatic rings. The molecule has 7 heavy (non-hydrogen) atoms. The Morgan fingerprint density at radius 3 is 2.57 bits per heavy atom. The smallest absolute Gasteiger partial charge is 0.00708 e. The van der Waals surface area contributed by atoms with Crippen LogP contribution in [0.3, 0.4) is 0 Å². The summed E-state index contributed by atoms with van der Waals surface area (Å²) in [4.78, 5) is 0. The number of allylic oxidation sites excluding steroid dienone is 1. The highest BCUT2D eigenvalue weighted by molar-refractivity contribution is 9.09. The first-order valence-electron chi connectivity index (χ1n) is 1.89. The van der Waals surface area contributed by atoms with Gasteiger partial charge in [-0.15, -0.1) is 0 Å². The van der Waals surface area contributed by atoms with Gasteiger partial charge in [-0.2, -0.15) is 0 Å². The van der Waals surface area contributed by atoms with E-state index in [1.807, 2.05) is 13.0 Å². The van der Waals surface area contributed by atoms with Crippen molar-refractivity contribution in [3.8, 4) is 0 Å². The molecule has 3 heteroatoms. The Balaban J connectivity index is 2.69. The van der Waals surface area contributed by atoms with Gasteiger partial charge in [-0.05, 0) is 28.4 Å². The van der Waals surface area contributed by atoms with Crippen molar-refractivity contribution in [2.24, 2.45) is 0 Å². The van der Waals surface area contributed by atoms with Crippen LogP contribution in [0, 0.1) is 0 Å². The molecule has 0 aromatic heterocycles. The van der Waals surface area contributed by atoms with Gasteiger partial charge in [0.25, 0.3) is 0 Å². The lowest BCUT2D eigenvalue weighted by Crippen LogP contribution is -1.35. The summed E-state index contributed by atoms with van der Waals surface area (Å²) < 4.78 is 0. The molecular weight excluding hydrogens is 144 g/mol. The van der Waals surface area contributed by atoms with Crippen LogP contribution >= 0.6 is 31.4 Å². The molecule has 0 aliphatic carbocycles. The molecule has 0 atom stereocenters. The van der Waals surface area contributed by atoms with E-state index in [0.29, 0.717) is 0 Å². The lowest BCUT2D eigenvalue weighted by Gasteiger charge is -1.82. The second-order valence-corrected chi connectivity index (χ2v) is 4.94. The fraction of sp³-hybridized carbons (Fsp3) is 0.500. The van der Waals surface area contributed by atoms with E-state index in [1.165, 1.54) is 0 Å². The molecule has 0 aromatic carbocycles. The molecule has 0 unspecified atom stereocenters. The predicted octanol–water partition coefficient (Wildman–Crippen LogP) is 3.18. The monoisotopic (exact) mass is 152 g/mol. The minimum atomic E-state index is 1.75. The minimum Gasteiger partial charge on any atom is -0.0857 e. The average molecular weight is 152 g/mol. The zero-order valence-electron chi connectivity index (χ0n) is 4.38. The summed E-state index contributed by atoms with van der Waals surface area (Å²) in [7, 11) is 5.30. The van der Waals surface area contributed by atoms with Crippen LogP contribution in [-0.2, 0) is 0 Å². The molecule has 0 aliphatic heterocycles. The van der Waals surface area contributed by atoms with E-state index >= 15 is 0 Å². The van der Waals surface area contributed by atoms with Crippen molar-refractivity contribution in [2.45, 2.75) is 6.92 Å². The minimum absolute atomic E-state index is 1.75. The van der Waals surface area contributed by atoms with E-state index < -0.39 is 0 Å². The van der Waals surface area contributed by atoms with Crippen molar-refractivity contribution < 1.29 is 0 Å². The fourth-order valence-electron chi connectivity index (χ4n) is 0.118. The average Bonchev–Trinajstić information content (AvgIpc) is 1.69. The topological polar surface area (TPSA) is 0 Å². The Bertz CT molecular complexity index is 50.9. The Hall–Kier alpha value is 0.790. The first kappa shape index (κ1) is 7.79.